The topological polar surface area (TPSA) is 35.6 Å². The van der Waals surface area contributed by atoms with Crippen LogP contribution in [-0.4, -0.2) is 56.3 Å². The Bertz CT molecular complexity index is 627. The van der Waals surface area contributed by atoms with Gasteiger partial charge in [-0.3, -0.25) is 9.69 Å². The first-order valence-corrected chi connectivity index (χ1v) is 9.37. The number of amides is 1. The summed E-state index contributed by atoms with van der Waals surface area (Å²) in [5.41, 5.74) is 0.974. The molecule has 27 heavy (non-hydrogen) atoms. The summed E-state index contributed by atoms with van der Waals surface area (Å²) in [4.78, 5) is 15.9. The molecule has 150 valence electrons. The summed E-state index contributed by atoms with van der Waals surface area (Å²) in [7, 11) is 0. The molecule has 8 heteroatoms. The molecule has 2 heterocycles. The van der Waals surface area contributed by atoms with Gasteiger partial charge in [-0.2, -0.15) is 13.2 Å². The van der Waals surface area contributed by atoms with Gasteiger partial charge in [-0.05, 0) is 62.5 Å². The lowest BCUT2D eigenvalue weighted by molar-refractivity contribution is -0.149. The average Bonchev–Trinajstić information content (AvgIpc) is 3.08. The van der Waals surface area contributed by atoms with E-state index in [2.05, 4.69) is 10.2 Å². The number of alkyl halides is 3. The van der Waals surface area contributed by atoms with Gasteiger partial charge in [-0.15, -0.1) is 0 Å². The molecule has 1 atom stereocenters. The Morgan fingerprint density at radius 2 is 1.74 bits per heavy atom. The van der Waals surface area contributed by atoms with E-state index in [-0.39, 0.29) is 17.6 Å². The molecule has 0 spiro atoms. The van der Waals surface area contributed by atoms with Crippen molar-refractivity contribution in [1.29, 1.82) is 0 Å². The molecule has 0 saturated carbocycles. The maximum Gasteiger partial charge on any atom is 0.401 e. The molecule has 2 aliphatic heterocycles. The highest BCUT2D eigenvalue weighted by molar-refractivity contribution is 5.78. The van der Waals surface area contributed by atoms with Crippen molar-refractivity contribution in [1.82, 2.24) is 10.2 Å². The molecule has 2 saturated heterocycles. The van der Waals surface area contributed by atoms with Crippen molar-refractivity contribution in [2.45, 2.75) is 25.4 Å². The van der Waals surface area contributed by atoms with Gasteiger partial charge in [0.25, 0.3) is 0 Å². The van der Waals surface area contributed by atoms with Crippen molar-refractivity contribution < 1.29 is 22.4 Å². The van der Waals surface area contributed by atoms with Gasteiger partial charge >= 0.3 is 6.18 Å². The van der Waals surface area contributed by atoms with Crippen LogP contribution < -0.4 is 10.2 Å². The maximum atomic E-state index is 13.0. The maximum absolute atomic E-state index is 13.0. The van der Waals surface area contributed by atoms with Crippen LogP contribution in [0.2, 0.25) is 0 Å². The number of rotatable bonds is 5. The molecule has 1 amide bonds. The fourth-order valence-corrected chi connectivity index (χ4v) is 3.88. The highest BCUT2D eigenvalue weighted by Crippen LogP contribution is 2.25. The zero-order valence-corrected chi connectivity index (χ0v) is 15.1. The number of hydrogen-bond donors (Lipinski definition) is 1. The van der Waals surface area contributed by atoms with E-state index in [9.17, 15) is 22.4 Å². The third-order valence-corrected chi connectivity index (χ3v) is 5.40. The Balaban J connectivity index is 1.38. The number of benzene rings is 1. The van der Waals surface area contributed by atoms with Crippen molar-refractivity contribution in [3.8, 4) is 0 Å². The number of nitrogens with zero attached hydrogens (tertiary/aromatic N) is 2. The smallest absolute Gasteiger partial charge is 0.371 e. The number of nitrogens with one attached hydrogen (secondary N) is 1. The van der Waals surface area contributed by atoms with Gasteiger partial charge in [0.05, 0.1) is 6.54 Å². The summed E-state index contributed by atoms with van der Waals surface area (Å²) < 4.78 is 50.3. The minimum absolute atomic E-state index is 0.0538. The lowest BCUT2D eigenvalue weighted by Gasteiger charge is -2.31. The summed E-state index contributed by atoms with van der Waals surface area (Å²) in [5, 5.41) is 2.97. The van der Waals surface area contributed by atoms with Crippen LogP contribution in [-0.2, 0) is 4.79 Å². The highest BCUT2D eigenvalue weighted by atomic mass is 19.4. The average molecular weight is 387 g/mol. The van der Waals surface area contributed by atoms with Crippen molar-refractivity contribution >= 4 is 11.6 Å². The van der Waals surface area contributed by atoms with Crippen molar-refractivity contribution in [3.05, 3.63) is 30.1 Å². The first kappa shape index (κ1) is 19.9. The first-order valence-electron chi connectivity index (χ1n) is 9.37. The van der Waals surface area contributed by atoms with E-state index in [1.165, 1.54) is 17.0 Å². The van der Waals surface area contributed by atoms with Crippen molar-refractivity contribution in [2.24, 2.45) is 11.8 Å². The van der Waals surface area contributed by atoms with Crippen LogP contribution in [0, 0.1) is 17.7 Å². The third kappa shape index (κ3) is 5.82. The SMILES string of the molecule is O=C(NC[C@@H]1CCN(c2ccc(F)cc2)C1)C1CCN(CC(F)(F)F)CC1. The minimum Gasteiger partial charge on any atom is -0.371 e. The van der Waals surface area contributed by atoms with Gasteiger partial charge in [-0.1, -0.05) is 0 Å². The first-order chi connectivity index (χ1) is 12.8. The molecule has 0 aliphatic carbocycles. The molecule has 3 rings (SSSR count). The van der Waals surface area contributed by atoms with Crippen molar-refractivity contribution in [2.75, 3.05) is 44.2 Å². The summed E-state index contributed by atoms with van der Waals surface area (Å²) in [6.07, 6.45) is -2.31. The van der Waals surface area contributed by atoms with E-state index < -0.39 is 12.7 Å². The molecule has 2 fully saturated rings. The van der Waals surface area contributed by atoms with Gasteiger partial charge in [0.1, 0.15) is 5.82 Å². The Morgan fingerprint density at radius 3 is 2.37 bits per heavy atom. The molecular formula is C19H25F4N3O. The number of carbonyl (C=O) groups excluding carboxylic acids is 1. The fraction of sp³-hybridized carbons (Fsp3) is 0.632. The number of carbonyl (C=O) groups is 1. The molecule has 2 aliphatic rings. The summed E-state index contributed by atoms with van der Waals surface area (Å²) in [6, 6.07) is 6.39. The van der Waals surface area contributed by atoms with Crippen LogP contribution >= 0.6 is 0 Å². The minimum atomic E-state index is -4.19. The van der Waals surface area contributed by atoms with E-state index in [1.54, 1.807) is 12.1 Å². The molecule has 0 radical (unpaired) electrons. The molecule has 1 N–H and O–H groups in total. The van der Waals surface area contributed by atoms with Gasteiger partial charge in [0.15, 0.2) is 0 Å². The lowest BCUT2D eigenvalue weighted by Crippen LogP contribution is -2.44. The predicted octanol–water partition coefficient (Wildman–Crippen LogP) is 3.04. The predicted molar refractivity (Wildman–Crippen MR) is 94.9 cm³/mol. The van der Waals surface area contributed by atoms with Gasteiger partial charge in [0.2, 0.25) is 5.91 Å². The summed E-state index contributed by atoms with van der Waals surface area (Å²) >= 11 is 0. The molecular weight excluding hydrogens is 362 g/mol. The second-order valence-corrected chi connectivity index (χ2v) is 7.49. The summed E-state index contributed by atoms with van der Waals surface area (Å²) in [5.74, 6) is -0.196. The second kappa shape index (κ2) is 8.46. The van der Waals surface area contributed by atoms with Crippen LogP contribution in [0.5, 0.6) is 0 Å². The zero-order valence-electron chi connectivity index (χ0n) is 15.1. The third-order valence-electron chi connectivity index (χ3n) is 5.40. The van der Waals surface area contributed by atoms with Crippen molar-refractivity contribution in [3.63, 3.8) is 0 Å². The van der Waals surface area contributed by atoms with Gasteiger partial charge < -0.3 is 10.2 Å². The van der Waals surface area contributed by atoms with Gasteiger partial charge in [-0.25, -0.2) is 4.39 Å². The van der Waals surface area contributed by atoms with E-state index >= 15 is 0 Å². The number of anilines is 1. The normalized spacial score (nSPS) is 22.2. The van der Waals surface area contributed by atoms with E-state index in [4.69, 9.17) is 0 Å². The van der Waals surface area contributed by atoms with Crippen LogP contribution in [0.1, 0.15) is 19.3 Å². The Kier molecular flexibility index (Phi) is 6.24. The standard InChI is InChI=1S/C19H25F4N3O/c20-16-1-3-17(4-2-16)26-10-5-14(12-26)11-24-18(27)15-6-8-25(9-7-15)13-19(21,22)23/h1-4,14-15H,5-13H2,(H,24,27)/t14-/m0/s1. The van der Waals surface area contributed by atoms with E-state index in [1.807, 2.05) is 0 Å². The monoisotopic (exact) mass is 387 g/mol. The molecule has 4 nitrogen and oxygen atoms in total. The molecule has 0 unspecified atom stereocenters. The lowest BCUT2D eigenvalue weighted by atomic mass is 9.95. The second-order valence-electron chi connectivity index (χ2n) is 7.49. The largest absolute Gasteiger partial charge is 0.401 e. The Morgan fingerprint density at radius 1 is 1.07 bits per heavy atom. The quantitative estimate of drug-likeness (QED) is 0.789. The molecule has 1 aromatic carbocycles. The Hall–Kier alpha value is -1.83. The van der Waals surface area contributed by atoms with E-state index in [0.717, 1.165) is 25.2 Å². The molecule has 0 aromatic heterocycles. The van der Waals surface area contributed by atoms with E-state index in [0.29, 0.717) is 38.4 Å². The number of halogens is 4. The summed E-state index contributed by atoms with van der Waals surface area (Å²) in [6.45, 7) is 1.94. The fourth-order valence-electron chi connectivity index (χ4n) is 3.88. The molecule has 0 bridgehead atoms. The number of likely N-dealkylation sites (tertiary alicyclic amines) is 1. The number of hydrogen-bond acceptors (Lipinski definition) is 3. The highest BCUT2D eigenvalue weighted by Gasteiger charge is 2.34. The van der Waals surface area contributed by atoms with Crippen LogP contribution in [0.4, 0.5) is 23.2 Å². The zero-order chi connectivity index (χ0) is 19.4. The van der Waals surface area contributed by atoms with Gasteiger partial charge in [0, 0.05) is 31.2 Å². The molecule has 1 aromatic rings. The van der Waals surface area contributed by atoms with Crippen LogP contribution in [0.25, 0.3) is 0 Å². The van der Waals surface area contributed by atoms with Crippen LogP contribution in [0.15, 0.2) is 24.3 Å². The van der Waals surface area contributed by atoms with Crippen LogP contribution in [0.3, 0.4) is 0 Å². The Labute approximate surface area is 156 Å². The number of piperidine rings is 1.